The van der Waals surface area contributed by atoms with E-state index >= 15 is 0 Å². The van der Waals surface area contributed by atoms with Crippen LogP contribution in [0.2, 0.25) is 10.0 Å². The number of aryl methyl sites for hydroxylation is 1. The molecule has 4 heteroatoms. The first-order valence-corrected chi connectivity index (χ1v) is 5.33. The molecule has 0 saturated carbocycles. The molecular formula is C11H10Cl2N2. The van der Waals surface area contributed by atoms with Crippen molar-refractivity contribution in [2.24, 2.45) is 5.73 Å². The molecule has 1 aromatic heterocycles. The first-order valence-electron chi connectivity index (χ1n) is 4.58. The second-order valence-corrected chi connectivity index (χ2v) is 4.20. The van der Waals surface area contributed by atoms with Gasteiger partial charge >= 0.3 is 0 Å². The number of fused-ring (bicyclic) bond motifs is 1. The molecule has 0 aliphatic carbocycles. The summed E-state index contributed by atoms with van der Waals surface area (Å²) in [7, 11) is 0. The fourth-order valence-corrected chi connectivity index (χ4v) is 2.13. The highest BCUT2D eigenvalue weighted by Gasteiger charge is 2.08. The van der Waals surface area contributed by atoms with Crippen molar-refractivity contribution in [3.8, 4) is 0 Å². The minimum atomic E-state index is 0.402. The minimum absolute atomic E-state index is 0.402. The molecule has 1 aromatic carbocycles. The maximum atomic E-state index is 6.10. The second-order valence-electron chi connectivity index (χ2n) is 3.39. The summed E-state index contributed by atoms with van der Waals surface area (Å²) in [4.78, 5) is 4.37. The topological polar surface area (TPSA) is 38.9 Å². The number of halogens is 2. The molecule has 0 saturated heterocycles. The van der Waals surface area contributed by atoms with Crippen LogP contribution in [0.25, 0.3) is 10.9 Å². The Morgan fingerprint density at radius 3 is 2.60 bits per heavy atom. The fraction of sp³-hybridized carbons (Fsp3) is 0.182. The highest BCUT2D eigenvalue weighted by molar-refractivity contribution is 6.40. The minimum Gasteiger partial charge on any atom is -0.325 e. The van der Waals surface area contributed by atoms with Crippen molar-refractivity contribution < 1.29 is 0 Å². The van der Waals surface area contributed by atoms with E-state index in [1.165, 1.54) is 0 Å². The Labute approximate surface area is 98.0 Å². The standard InChI is InChI=1S/C11H10Cl2N2/c1-6-4-7(5-14)15-11-9(13)3-2-8(12)10(6)11/h2-4H,5,14H2,1H3. The largest absolute Gasteiger partial charge is 0.325 e. The third-order valence-corrected chi connectivity index (χ3v) is 2.94. The second kappa shape index (κ2) is 3.97. The average molecular weight is 241 g/mol. The predicted octanol–water partition coefficient (Wildman–Crippen LogP) is 3.31. The molecule has 0 unspecified atom stereocenters. The van der Waals surface area contributed by atoms with Gasteiger partial charge < -0.3 is 5.73 Å². The van der Waals surface area contributed by atoms with Gasteiger partial charge in [0.2, 0.25) is 0 Å². The first-order chi connectivity index (χ1) is 7.13. The van der Waals surface area contributed by atoms with Crippen molar-refractivity contribution in [1.29, 1.82) is 0 Å². The summed E-state index contributed by atoms with van der Waals surface area (Å²) in [6.45, 7) is 2.38. The Bertz CT molecular complexity index is 523. The molecule has 2 nitrogen and oxygen atoms in total. The van der Waals surface area contributed by atoms with Gasteiger partial charge in [-0.15, -0.1) is 0 Å². The van der Waals surface area contributed by atoms with Crippen LogP contribution < -0.4 is 5.73 Å². The molecule has 0 spiro atoms. The van der Waals surface area contributed by atoms with Crippen molar-refractivity contribution >= 4 is 34.1 Å². The van der Waals surface area contributed by atoms with E-state index in [-0.39, 0.29) is 0 Å². The summed E-state index contributed by atoms with van der Waals surface area (Å²) in [5, 5.41) is 2.18. The number of aromatic nitrogens is 1. The highest BCUT2D eigenvalue weighted by atomic mass is 35.5. The Morgan fingerprint density at radius 1 is 1.27 bits per heavy atom. The molecule has 0 radical (unpaired) electrons. The van der Waals surface area contributed by atoms with Crippen LogP contribution >= 0.6 is 23.2 Å². The van der Waals surface area contributed by atoms with Gasteiger partial charge in [0, 0.05) is 11.9 Å². The highest BCUT2D eigenvalue weighted by Crippen LogP contribution is 2.31. The molecule has 2 aromatic rings. The van der Waals surface area contributed by atoms with Gasteiger partial charge in [0.15, 0.2) is 0 Å². The molecule has 2 rings (SSSR count). The normalized spacial score (nSPS) is 10.9. The SMILES string of the molecule is Cc1cc(CN)nc2c(Cl)ccc(Cl)c12. The lowest BCUT2D eigenvalue weighted by Crippen LogP contribution is -2.01. The summed E-state index contributed by atoms with van der Waals surface area (Å²) in [6, 6.07) is 5.46. The molecular weight excluding hydrogens is 231 g/mol. The van der Waals surface area contributed by atoms with E-state index in [2.05, 4.69) is 4.98 Å². The van der Waals surface area contributed by atoms with Crippen molar-refractivity contribution in [3.63, 3.8) is 0 Å². The van der Waals surface area contributed by atoms with Crippen LogP contribution in [0.15, 0.2) is 18.2 Å². The van der Waals surface area contributed by atoms with Gasteiger partial charge in [-0.3, -0.25) is 0 Å². The van der Waals surface area contributed by atoms with Gasteiger partial charge in [-0.2, -0.15) is 0 Å². The third-order valence-electron chi connectivity index (χ3n) is 2.32. The summed E-state index contributed by atoms with van der Waals surface area (Å²) in [5.74, 6) is 0. The van der Waals surface area contributed by atoms with Crippen LogP contribution in [-0.2, 0) is 6.54 Å². The zero-order chi connectivity index (χ0) is 11.0. The number of pyridine rings is 1. The van der Waals surface area contributed by atoms with Crippen molar-refractivity contribution in [1.82, 2.24) is 4.98 Å². The summed E-state index contributed by atoms with van der Waals surface area (Å²) in [5.41, 5.74) is 8.16. The van der Waals surface area contributed by atoms with Crippen molar-refractivity contribution in [2.45, 2.75) is 13.5 Å². The maximum absolute atomic E-state index is 6.10. The van der Waals surface area contributed by atoms with Crippen LogP contribution in [0.3, 0.4) is 0 Å². The summed E-state index contributed by atoms with van der Waals surface area (Å²) < 4.78 is 0. The molecule has 1 heterocycles. The average Bonchev–Trinajstić information content (AvgIpc) is 2.23. The number of rotatable bonds is 1. The lowest BCUT2D eigenvalue weighted by molar-refractivity contribution is 1.00. The maximum Gasteiger partial charge on any atom is 0.0909 e. The summed E-state index contributed by atoms with van der Waals surface area (Å²) in [6.07, 6.45) is 0. The number of hydrogen-bond donors (Lipinski definition) is 1. The van der Waals surface area contributed by atoms with E-state index in [0.29, 0.717) is 16.6 Å². The van der Waals surface area contributed by atoms with Crippen molar-refractivity contribution in [2.75, 3.05) is 0 Å². The Morgan fingerprint density at radius 2 is 1.93 bits per heavy atom. The van der Waals surface area contributed by atoms with Crippen LogP contribution in [0.5, 0.6) is 0 Å². The van der Waals surface area contributed by atoms with Gasteiger partial charge in [0.05, 0.1) is 21.3 Å². The Hall–Kier alpha value is -0.830. The van der Waals surface area contributed by atoms with E-state index in [0.717, 1.165) is 22.2 Å². The lowest BCUT2D eigenvalue weighted by atomic mass is 10.1. The van der Waals surface area contributed by atoms with Gasteiger partial charge in [0.25, 0.3) is 0 Å². The molecule has 0 aliphatic heterocycles. The molecule has 0 fully saturated rings. The van der Waals surface area contributed by atoms with Crippen molar-refractivity contribution in [3.05, 3.63) is 39.5 Å². The molecule has 0 amide bonds. The number of benzene rings is 1. The van der Waals surface area contributed by atoms with E-state index in [9.17, 15) is 0 Å². The van der Waals surface area contributed by atoms with E-state index in [1.54, 1.807) is 12.1 Å². The monoisotopic (exact) mass is 240 g/mol. The fourth-order valence-electron chi connectivity index (χ4n) is 1.63. The van der Waals surface area contributed by atoms with Crippen LogP contribution in [0, 0.1) is 6.92 Å². The molecule has 15 heavy (non-hydrogen) atoms. The van der Waals surface area contributed by atoms with Gasteiger partial charge in [-0.25, -0.2) is 4.98 Å². The Kier molecular flexibility index (Phi) is 2.83. The molecule has 2 N–H and O–H groups in total. The molecule has 0 aliphatic rings. The van der Waals surface area contributed by atoms with Gasteiger partial charge in [-0.1, -0.05) is 23.2 Å². The van der Waals surface area contributed by atoms with Crippen LogP contribution in [-0.4, -0.2) is 4.98 Å². The van der Waals surface area contributed by atoms with Gasteiger partial charge in [-0.05, 0) is 30.7 Å². The van der Waals surface area contributed by atoms with E-state index in [1.807, 2.05) is 13.0 Å². The molecule has 0 bridgehead atoms. The Balaban J connectivity index is 2.90. The summed E-state index contributed by atoms with van der Waals surface area (Å²) >= 11 is 12.2. The quantitative estimate of drug-likeness (QED) is 0.831. The predicted molar refractivity (Wildman–Crippen MR) is 64.4 cm³/mol. The van der Waals surface area contributed by atoms with E-state index in [4.69, 9.17) is 28.9 Å². The van der Waals surface area contributed by atoms with Crippen LogP contribution in [0.1, 0.15) is 11.3 Å². The smallest absolute Gasteiger partial charge is 0.0909 e. The number of nitrogens with zero attached hydrogens (tertiary/aromatic N) is 1. The zero-order valence-corrected chi connectivity index (χ0v) is 9.73. The van der Waals surface area contributed by atoms with Gasteiger partial charge in [0.1, 0.15) is 0 Å². The first kappa shape index (κ1) is 10.7. The third kappa shape index (κ3) is 1.81. The zero-order valence-electron chi connectivity index (χ0n) is 8.22. The number of nitrogens with two attached hydrogens (primary N) is 1. The molecule has 78 valence electrons. The number of hydrogen-bond acceptors (Lipinski definition) is 2. The lowest BCUT2D eigenvalue weighted by Gasteiger charge is -2.07. The van der Waals surface area contributed by atoms with E-state index < -0.39 is 0 Å². The van der Waals surface area contributed by atoms with Crippen LogP contribution in [0.4, 0.5) is 0 Å². The molecule has 0 atom stereocenters.